The molecule has 1 unspecified atom stereocenters. The molecule has 1 N–H and O–H groups in total. The first-order valence-electron chi connectivity index (χ1n) is 34.9. The number of aliphatic hydroxyl groups is 1. The Bertz CT molecular complexity index is 2850. The minimum Gasteiger partial charge on any atom is -0.497 e. The highest BCUT2D eigenvalue weighted by molar-refractivity contribution is 6.75. The predicted octanol–water partition coefficient (Wildman–Crippen LogP) is 21.2. The number of hydrogen-bond donors (Lipinski definition) is 1. The molecule has 0 aromatic heterocycles. The Labute approximate surface area is 569 Å². The zero-order valence-electron chi connectivity index (χ0n) is 62.0. The van der Waals surface area contributed by atoms with Gasteiger partial charge in [-0.1, -0.05) is 243 Å². The Morgan fingerprint density at radius 2 is 0.914 bits per heavy atom. The van der Waals surface area contributed by atoms with E-state index >= 15 is 0 Å². The summed E-state index contributed by atoms with van der Waals surface area (Å²) in [5, 5.41) is 11.9. The van der Waals surface area contributed by atoms with Gasteiger partial charge in [-0.2, -0.15) is 0 Å². The third kappa shape index (κ3) is 23.7. The Morgan fingerprint density at radius 3 is 1.38 bits per heavy atom. The quantitative estimate of drug-likeness (QED) is 0.0179. The van der Waals surface area contributed by atoms with E-state index in [0.29, 0.717) is 31.0 Å². The second-order valence-corrected chi connectivity index (χ2v) is 46.0. The number of hydrogen-bond acceptors (Lipinski definition) is 9. The highest BCUT2D eigenvalue weighted by Gasteiger charge is 2.45. The second kappa shape index (κ2) is 35.7. The lowest BCUT2D eigenvalue weighted by Gasteiger charge is -2.44. The Balaban J connectivity index is 1.35. The summed E-state index contributed by atoms with van der Waals surface area (Å²) in [6, 6.07) is 47.8. The molecule has 0 bridgehead atoms. The van der Waals surface area contributed by atoms with Crippen molar-refractivity contribution in [1.29, 1.82) is 0 Å². The number of allylic oxidation sites excluding steroid dienone is 1. The maximum atomic E-state index is 11.8. The number of benzene rings is 5. The first-order chi connectivity index (χ1) is 43.5. The van der Waals surface area contributed by atoms with Crippen LogP contribution in [0.5, 0.6) is 11.5 Å². The highest BCUT2D eigenvalue weighted by Crippen LogP contribution is 2.45. The number of ether oxygens (including phenoxy) is 5. The fourth-order valence-electron chi connectivity index (χ4n) is 11.9. The standard InChI is InChI=1S/C81H126O9Si3/c1-60(56-62(3)57-61(2)42-52-74(89-92(20,21)79(10,11)12)64(5)76(85-55-53-66-43-48-71(83-16)49-44-66)65(6)77(82)86-59-67-45-50-72(84-17)51-46-67)41-47-73(88-91(18,19)78(7,8)9)58-75(90-93(22,23)80(13,14)15)63(4)34-33-54-87-81(68-35-27-24-28-36-68,69-37-29-25-30-38-69)70-39-31-26-32-40-70/h24-41,43-51,60-65,73-77,82H,42,52-59H2,1-23H3/t60-,61+,62-,63-,64+,65+,73-,74?,75+,76+,77-/m1/s1. The van der Waals surface area contributed by atoms with E-state index in [9.17, 15) is 5.11 Å². The average Bonchev–Trinajstić information content (AvgIpc) is 0.768. The first kappa shape index (κ1) is 79.2. The summed E-state index contributed by atoms with van der Waals surface area (Å²) in [6.45, 7) is 50.3. The molecule has 0 fully saturated rings. The number of methoxy groups -OCH3 is 2. The molecule has 0 radical (unpaired) electrons. The minimum absolute atomic E-state index is 0.00748. The third-order valence-electron chi connectivity index (χ3n) is 20.9. The summed E-state index contributed by atoms with van der Waals surface area (Å²) < 4.78 is 53.8. The second-order valence-electron chi connectivity index (χ2n) is 31.7. The van der Waals surface area contributed by atoms with E-state index in [0.717, 1.165) is 72.3 Å². The number of aliphatic hydroxyl groups excluding tert-OH is 1. The van der Waals surface area contributed by atoms with Gasteiger partial charge in [-0.3, -0.25) is 0 Å². The molecule has 5 aromatic rings. The van der Waals surface area contributed by atoms with E-state index in [1.54, 1.807) is 14.2 Å². The summed E-state index contributed by atoms with van der Waals surface area (Å²) in [5.74, 6) is 2.62. The van der Waals surface area contributed by atoms with Crippen LogP contribution in [0.15, 0.2) is 164 Å². The maximum absolute atomic E-state index is 11.8. The van der Waals surface area contributed by atoms with Crippen molar-refractivity contribution in [2.45, 2.75) is 240 Å². The molecule has 0 heterocycles. The molecule has 0 amide bonds. The van der Waals surface area contributed by atoms with E-state index in [1.807, 2.05) is 36.4 Å². The zero-order chi connectivity index (χ0) is 69.0. The molecular weight excluding hydrogens is 1200 g/mol. The van der Waals surface area contributed by atoms with Crippen molar-refractivity contribution in [3.05, 3.63) is 192 Å². The van der Waals surface area contributed by atoms with Crippen LogP contribution in [0, 0.1) is 35.5 Å². The van der Waals surface area contributed by atoms with E-state index < -0.39 is 36.8 Å². The van der Waals surface area contributed by atoms with Crippen LogP contribution < -0.4 is 9.47 Å². The van der Waals surface area contributed by atoms with Crippen molar-refractivity contribution in [3.8, 4) is 11.5 Å². The fraction of sp³-hybridized carbons (Fsp3) is 0.580. The molecule has 516 valence electrons. The lowest BCUT2D eigenvalue weighted by molar-refractivity contribution is -0.181. The van der Waals surface area contributed by atoms with Gasteiger partial charge >= 0.3 is 0 Å². The normalized spacial score (nSPS) is 16.9. The van der Waals surface area contributed by atoms with Crippen LogP contribution in [0.4, 0.5) is 0 Å². The molecule has 5 rings (SSSR count). The van der Waals surface area contributed by atoms with Crippen molar-refractivity contribution in [3.63, 3.8) is 0 Å². The molecule has 0 saturated heterocycles. The largest absolute Gasteiger partial charge is 0.497 e. The summed E-state index contributed by atoms with van der Waals surface area (Å²) in [4.78, 5) is 0. The first-order valence-corrected chi connectivity index (χ1v) is 43.6. The zero-order valence-corrected chi connectivity index (χ0v) is 65.0. The van der Waals surface area contributed by atoms with Gasteiger partial charge in [0.15, 0.2) is 31.2 Å². The van der Waals surface area contributed by atoms with Crippen molar-refractivity contribution in [2.75, 3.05) is 27.4 Å². The minimum atomic E-state index is -2.25. The molecule has 0 aliphatic carbocycles. The van der Waals surface area contributed by atoms with Gasteiger partial charge in [0.05, 0.1) is 58.5 Å². The van der Waals surface area contributed by atoms with Crippen molar-refractivity contribution in [2.24, 2.45) is 35.5 Å². The van der Waals surface area contributed by atoms with Gasteiger partial charge in [0.25, 0.3) is 0 Å². The SMILES string of the molecule is COc1ccc(CCO[C@H]([C@H](C)[C@H](O)OCc2ccc(OC)cc2)[C@@H](C)C(CC[C@H](C)C[C@H](C)C[C@H](C)C=C[C@H](C[C@H](O[Si](C)(C)C(C)(C)C)[C@H](C)C=CCOC(c2ccccc2)(c2ccccc2)c2ccccc2)O[Si](C)(C)C(C)(C)C)O[Si](C)(C)C(C)(C)C)cc1. The molecule has 0 saturated carbocycles. The summed E-state index contributed by atoms with van der Waals surface area (Å²) in [6.07, 6.45) is 13.3. The van der Waals surface area contributed by atoms with Crippen LogP contribution in [0.3, 0.4) is 0 Å². The molecule has 12 heteroatoms. The van der Waals surface area contributed by atoms with Gasteiger partial charge in [-0.05, 0) is 162 Å². The molecule has 9 nitrogen and oxygen atoms in total. The Morgan fingerprint density at radius 1 is 0.462 bits per heavy atom. The third-order valence-corrected chi connectivity index (χ3v) is 34.4. The predicted molar refractivity (Wildman–Crippen MR) is 398 cm³/mol. The lowest BCUT2D eigenvalue weighted by atomic mass is 9.80. The van der Waals surface area contributed by atoms with Gasteiger partial charge in [-0.25, -0.2) is 0 Å². The molecule has 0 aliphatic heterocycles. The highest BCUT2D eigenvalue weighted by atomic mass is 28.4. The Kier molecular flexibility index (Phi) is 30.4. The van der Waals surface area contributed by atoms with Gasteiger partial charge in [0, 0.05) is 18.3 Å². The van der Waals surface area contributed by atoms with E-state index in [4.69, 9.17) is 37.0 Å². The average molecular weight is 1330 g/mol. The molecule has 93 heavy (non-hydrogen) atoms. The molecule has 11 atom stereocenters. The summed E-state index contributed by atoms with van der Waals surface area (Å²) in [7, 11) is -3.38. The topological polar surface area (TPSA) is 94.1 Å². The monoisotopic (exact) mass is 1330 g/mol. The lowest BCUT2D eigenvalue weighted by Crippen LogP contribution is -2.49. The van der Waals surface area contributed by atoms with E-state index in [2.05, 4.69) is 271 Å². The van der Waals surface area contributed by atoms with E-state index in [-0.39, 0.29) is 63.9 Å². The van der Waals surface area contributed by atoms with Gasteiger partial charge in [-0.15, -0.1) is 0 Å². The van der Waals surface area contributed by atoms with Gasteiger partial charge in [0.1, 0.15) is 17.1 Å². The molecular formula is C81H126O9Si3. The van der Waals surface area contributed by atoms with Crippen molar-refractivity contribution < 1.29 is 42.1 Å². The van der Waals surface area contributed by atoms with Crippen LogP contribution >= 0.6 is 0 Å². The van der Waals surface area contributed by atoms with E-state index in [1.165, 1.54) is 5.56 Å². The fourth-order valence-corrected chi connectivity index (χ4v) is 16.0. The summed E-state index contributed by atoms with van der Waals surface area (Å²) >= 11 is 0. The Hall–Kier alpha value is -4.45. The smallest absolute Gasteiger partial charge is 0.192 e. The molecule has 0 aliphatic rings. The maximum Gasteiger partial charge on any atom is 0.192 e. The van der Waals surface area contributed by atoms with Crippen LogP contribution in [0.2, 0.25) is 54.4 Å². The van der Waals surface area contributed by atoms with Crippen molar-refractivity contribution in [1.82, 2.24) is 0 Å². The summed E-state index contributed by atoms with van der Waals surface area (Å²) in [5.41, 5.74) is 4.58. The number of rotatable bonds is 38. The molecule has 5 aromatic carbocycles. The molecule has 0 spiro atoms. The van der Waals surface area contributed by atoms with Gasteiger partial charge < -0.3 is 42.1 Å². The van der Waals surface area contributed by atoms with Crippen LogP contribution in [-0.4, -0.2) is 88.2 Å². The van der Waals surface area contributed by atoms with Crippen LogP contribution in [-0.2, 0) is 46.1 Å². The van der Waals surface area contributed by atoms with Crippen LogP contribution in [0.25, 0.3) is 0 Å². The van der Waals surface area contributed by atoms with Crippen LogP contribution in [0.1, 0.15) is 164 Å². The van der Waals surface area contributed by atoms with Gasteiger partial charge in [0.2, 0.25) is 0 Å². The van der Waals surface area contributed by atoms with Crippen molar-refractivity contribution >= 4 is 25.0 Å².